The number of nitrogens with one attached hydrogen (secondary N) is 2. The number of rotatable bonds is 5. The first-order valence-corrected chi connectivity index (χ1v) is 5.41. The summed E-state index contributed by atoms with van der Waals surface area (Å²) in [5.41, 5.74) is -0.475. The lowest BCUT2D eigenvalue weighted by Gasteiger charge is -2.32. The van der Waals surface area contributed by atoms with Crippen LogP contribution in [0.5, 0.6) is 0 Å². The van der Waals surface area contributed by atoms with Gasteiger partial charge in [-0.25, -0.2) is 0 Å². The predicted molar refractivity (Wildman–Crippen MR) is 58.5 cm³/mol. The van der Waals surface area contributed by atoms with Gasteiger partial charge < -0.3 is 20.6 Å². The molecule has 0 amide bonds. The van der Waals surface area contributed by atoms with Gasteiger partial charge in [-0.2, -0.15) is 0 Å². The van der Waals surface area contributed by atoms with Gasteiger partial charge in [0, 0.05) is 19.6 Å². The van der Waals surface area contributed by atoms with Crippen LogP contribution in [0.15, 0.2) is 0 Å². The first kappa shape index (κ1) is 11.9. The van der Waals surface area contributed by atoms with Crippen LogP contribution < -0.4 is 10.6 Å². The summed E-state index contributed by atoms with van der Waals surface area (Å²) in [4.78, 5) is 2.14. The SMILES string of the molecule is CN(C)CCNCC1(O)CCNCC1. The standard InChI is InChI=1S/C10H23N3O/c1-13(2)8-7-12-9-10(14)3-5-11-6-4-10/h11-12,14H,3-9H2,1-2H3. The van der Waals surface area contributed by atoms with Gasteiger partial charge in [0.2, 0.25) is 0 Å². The Balaban J connectivity index is 2.09. The van der Waals surface area contributed by atoms with E-state index in [1.165, 1.54) is 0 Å². The Bertz CT molecular complexity index is 155. The second-order valence-electron chi connectivity index (χ2n) is 4.45. The largest absolute Gasteiger partial charge is 0.388 e. The summed E-state index contributed by atoms with van der Waals surface area (Å²) in [6.45, 7) is 4.57. The van der Waals surface area contributed by atoms with Gasteiger partial charge in [-0.05, 0) is 40.0 Å². The topological polar surface area (TPSA) is 47.5 Å². The molecule has 0 aromatic rings. The molecular weight excluding hydrogens is 178 g/mol. The molecule has 1 heterocycles. The first-order chi connectivity index (χ1) is 6.62. The van der Waals surface area contributed by atoms with Crippen LogP contribution in [0.1, 0.15) is 12.8 Å². The van der Waals surface area contributed by atoms with E-state index in [4.69, 9.17) is 0 Å². The van der Waals surface area contributed by atoms with Gasteiger partial charge in [-0.1, -0.05) is 0 Å². The molecule has 1 aliphatic heterocycles. The second kappa shape index (κ2) is 5.66. The highest BCUT2D eigenvalue weighted by atomic mass is 16.3. The normalized spacial score (nSPS) is 21.4. The third-order valence-corrected chi connectivity index (χ3v) is 2.72. The van der Waals surface area contributed by atoms with Gasteiger partial charge in [0.05, 0.1) is 5.60 Å². The molecule has 84 valence electrons. The van der Waals surface area contributed by atoms with Crippen molar-refractivity contribution in [1.82, 2.24) is 15.5 Å². The molecule has 1 aliphatic rings. The zero-order chi connectivity index (χ0) is 10.4. The molecule has 1 fully saturated rings. The zero-order valence-corrected chi connectivity index (χ0v) is 9.34. The zero-order valence-electron chi connectivity index (χ0n) is 9.34. The third kappa shape index (κ3) is 4.37. The second-order valence-corrected chi connectivity index (χ2v) is 4.45. The Kier molecular flexibility index (Phi) is 4.81. The summed E-state index contributed by atoms with van der Waals surface area (Å²) in [5, 5.41) is 16.7. The molecule has 0 aliphatic carbocycles. The third-order valence-electron chi connectivity index (χ3n) is 2.72. The van der Waals surface area contributed by atoms with Crippen molar-refractivity contribution < 1.29 is 5.11 Å². The molecule has 3 N–H and O–H groups in total. The van der Waals surface area contributed by atoms with Crippen molar-refractivity contribution in [1.29, 1.82) is 0 Å². The average Bonchev–Trinajstić information content (AvgIpc) is 2.14. The summed E-state index contributed by atoms with van der Waals surface area (Å²) in [7, 11) is 4.11. The molecule has 0 unspecified atom stereocenters. The molecule has 14 heavy (non-hydrogen) atoms. The van der Waals surface area contributed by atoms with Crippen LogP contribution in [-0.4, -0.2) is 62.4 Å². The van der Waals surface area contributed by atoms with E-state index in [1.807, 2.05) is 0 Å². The molecule has 0 aromatic heterocycles. The minimum absolute atomic E-state index is 0.475. The Labute approximate surface area is 86.7 Å². The van der Waals surface area contributed by atoms with Gasteiger partial charge >= 0.3 is 0 Å². The molecule has 0 atom stereocenters. The fraction of sp³-hybridized carbons (Fsp3) is 1.00. The van der Waals surface area contributed by atoms with E-state index in [-0.39, 0.29) is 0 Å². The number of hydrogen-bond acceptors (Lipinski definition) is 4. The van der Waals surface area contributed by atoms with Crippen LogP contribution in [-0.2, 0) is 0 Å². The maximum atomic E-state index is 10.1. The minimum Gasteiger partial charge on any atom is -0.388 e. The monoisotopic (exact) mass is 201 g/mol. The summed E-state index contributed by atoms with van der Waals surface area (Å²) >= 11 is 0. The molecule has 0 bridgehead atoms. The highest BCUT2D eigenvalue weighted by Crippen LogP contribution is 2.16. The van der Waals surface area contributed by atoms with E-state index >= 15 is 0 Å². The van der Waals surface area contributed by atoms with Crippen molar-refractivity contribution in [2.45, 2.75) is 18.4 Å². The van der Waals surface area contributed by atoms with Gasteiger partial charge in [-0.15, -0.1) is 0 Å². The van der Waals surface area contributed by atoms with Crippen molar-refractivity contribution in [3.63, 3.8) is 0 Å². The lowest BCUT2D eigenvalue weighted by molar-refractivity contribution is 0.0111. The van der Waals surface area contributed by atoms with Crippen molar-refractivity contribution >= 4 is 0 Å². The van der Waals surface area contributed by atoms with Gasteiger partial charge in [0.1, 0.15) is 0 Å². The van der Waals surface area contributed by atoms with Gasteiger partial charge in [0.15, 0.2) is 0 Å². The number of aliphatic hydroxyl groups is 1. The van der Waals surface area contributed by atoms with Crippen molar-refractivity contribution in [2.24, 2.45) is 0 Å². The molecule has 4 heteroatoms. The van der Waals surface area contributed by atoms with Crippen LogP contribution in [0.2, 0.25) is 0 Å². The minimum atomic E-state index is -0.475. The van der Waals surface area contributed by atoms with Crippen molar-refractivity contribution in [3.8, 4) is 0 Å². The maximum Gasteiger partial charge on any atom is 0.0795 e. The fourth-order valence-corrected chi connectivity index (χ4v) is 1.69. The lowest BCUT2D eigenvalue weighted by atomic mass is 9.92. The van der Waals surface area contributed by atoms with Gasteiger partial charge in [0.25, 0.3) is 0 Å². The number of likely N-dealkylation sites (N-methyl/N-ethyl adjacent to an activating group) is 1. The summed E-state index contributed by atoms with van der Waals surface area (Å²) in [6, 6.07) is 0. The van der Waals surface area contributed by atoms with Crippen LogP contribution in [0.3, 0.4) is 0 Å². The van der Waals surface area contributed by atoms with E-state index in [2.05, 4.69) is 29.6 Å². The number of nitrogens with zero attached hydrogens (tertiary/aromatic N) is 1. The Morgan fingerprint density at radius 2 is 2.00 bits per heavy atom. The predicted octanol–water partition coefficient (Wildman–Crippen LogP) is -0.748. The summed E-state index contributed by atoms with van der Waals surface area (Å²) in [6.07, 6.45) is 1.73. The summed E-state index contributed by atoms with van der Waals surface area (Å²) in [5.74, 6) is 0. The highest BCUT2D eigenvalue weighted by Gasteiger charge is 2.28. The smallest absolute Gasteiger partial charge is 0.0795 e. The van der Waals surface area contributed by atoms with Gasteiger partial charge in [-0.3, -0.25) is 0 Å². The van der Waals surface area contributed by atoms with E-state index in [9.17, 15) is 5.11 Å². The fourth-order valence-electron chi connectivity index (χ4n) is 1.69. The maximum absolute atomic E-state index is 10.1. The molecule has 1 rings (SSSR count). The van der Waals surface area contributed by atoms with Crippen LogP contribution in [0.25, 0.3) is 0 Å². The molecule has 1 saturated heterocycles. The molecule has 0 spiro atoms. The Hall–Kier alpha value is -0.160. The van der Waals surface area contributed by atoms with E-state index in [1.54, 1.807) is 0 Å². The molecular formula is C10H23N3O. The molecule has 4 nitrogen and oxygen atoms in total. The number of hydrogen-bond donors (Lipinski definition) is 3. The Morgan fingerprint density at radius 1 is 1.36 bits per heavy atom. The number of piperidine rings is 1. The molecule has 0 aromatic carbocycles. The summed E-state index contributed by atoms with van der Waals surface area (Å²) < 4.78 is 0. The van der Waals surface area contributed by atoms with Crippen LogP contribution >= 0.6 is 0 Å². The van der Waals surface area contributed by atoms with Crippen molar-refractivity contribution in [3.05, 3.63) is 0 Å². The van der Waals surface area contributed by atoms with E-state index in [0.717, 1.165) is 45.6 Å². The lowest BCUT2D eigenvalue weighted by Crippen LogP contribution is -2.49. The molecule has 0 saturated carbocycles. The highest BCUT2D eigenvalue weighted by molar-refractivity contribution is 4.86. The van der Waals surface area contributed by atoms with Crippen molar-refractivity contribution in [2.75, 3.05) is 46.8 Å². The quantitative estimate of drug-likeness (QED) is 0.512. The molecule has 0 radical (unpaired) electrons. The van der Waals surface area contributed by atoms with E-state index < -0.39 is 5.60 Å². The average molecular weight is 201 g/mol. The van der Waals surface area contributed by atoms with Crippen LogP contribution in [0, 0.1) is 0 Å². The van der Waals surface area contributed by atoms with E-state index in [0.29, 0.717) is 0 Å². The Morgan fingerprint density at radius 3 is 2.57 bits per heavy atom. The first-order valence-electron chi connectivity index (χ1n) is 5.41. The van der Waals surface area contributed by atoms with Crippen LogP contribution in [0.4, 0.5) is 0 Å².